The average molecular weight is 314 g/mol. The zero-order valence-electron chi connectivity index (χ0n) is 13.1. The van der Waals surface area contributed by atoms with Gasteiger partial charge in [0.2, 0.25) is 0 Å². The molecule has 2 atom stereocenters. The van der Waals surface area contributed by atoms with E-state index in [1.54, 1.807) is 0 Å². The fourth-order valence-corrected chi connectivity index (χ4v) is 5.98. The largest absolute Gasteiger partial charge is 0.130 e. The molecule has 1 fully saturated rings. The van der Waals surface area contributed by atoms with Crippen molar-refractivity contribution in [2.24, 2.45) is 0 Å². The van der Waals surface area contributed by atoms with Crippen molar-refractivity contribution in [2.45, 2.75) is 22.8 Å². The van der Waals surface area contributed by atoms with Crippen LogP contribution in [0.1, 0.15) is 30.0 Å². The lowest BCUT2D eigenvalue weighted by Gasteiger charge is -2.26. The molecular weight excluding hydrogens is 296 g/mol. The zero-order valence-corrected chi connectivity index (χ0v) is 13.9. The molecule has 2 unspecified atom stereocenters. The maximum Gasteiger partial charge on any atom is 0.0789 e. The minimum atomic E-state index is 0.111. The molecular formula is C22H18S. The summed E-state index contributed by atoms with van der Waals surface area (Å²) in [4.78, 5) is 0. The van der Waals surface area contributed by atoms with Crippen LogP contribution in [-0.4, -0.2) is 0 Å². The van der Waals surface area contributed by atoms with Gasteiger partial charge in [-0.25, -0.2) is 0 Å². The van der Waals surface area contributed by atoms with Gasteiger partial charge in [0.25, 0.3) is 0 Å². The van der Waals surface area contributed by atoms with Crippen LogP contribution in [0, 0.1) is 0 Å². The Balaban J connectivity index is 1.71. The topological polar surface area (TPSA) is 0 Å². The van der Waals surface area contributed by atoms with E-state index in [4.69, 9.17) is 0 Å². The number of hydrogen-bond donors (Lipinski definition) is 0. The van der Waals surface area contributed by atoms with Gasteiger partial charge >= 0.3 is 0 Å². The minimum absolute atomic E-state index is 0.111. The van der Waals surface area contributed by atoms with Gasteiger partial charge in [0, 0.05) is 0 Å². The number of fused-ring (bicyclic) bond motifs is 4. The summed E-state index contributed by atoms with van der Waals surface area (Å²) in [6.45, 7) is 2.33. The number of benzene rings is 3. The Labute approximate surface area is 141 Å². The molecule has 3 aromatic rings. The molecule has 1 saturated heterocycles. The smallest absolute Gasteiger partial charge is 0.0789 e. The second kappa shape index (κ2) is 4.52. The lowest BCUT2D eigenvalue weighted by atomic mass is 9.74. The molecule has 0 aromatic heterocycles. The Kier molecular flexibility index (Phi) is 2.64. The van der Waals surface area contributed by atoms with Gasteiger partial charge in [-0.2, -0.15) is 0 Å². The standard InChI is InChI=1S/C22H18S/c1-2-21-20-10-6-5-8-17(20)13-14-22(21,23-21)19-12-11-16-7-3-4-9-18(16)15-19/h3-15H,2H2,1H3. The van der Waals surface area contributed by atoms with Crippen LogP contribution in [0.3, 0.4) is 0 Å². The van der Waals surface area contributed by atoms with Gasteiger partial charge in [0.1, 0.15) is 0 Å². The molecule has 0 amide bonds. The van der Waals surface area contributed by atoms with Gasteiger partial charge in [-0.1, -0.05) is 79.7 Å². The van der Waals surface area contributed by atoms with Gasteiger partial charge in [-0.3, -0.25) is 0 Å². The molecule has 1 aliphatic carbocycles. The molecule has 0 spiro atoms. The predicted molar refractivity (Wildman–Crippen MR) is 101 cm³/mol. The molecule has 0 bridgehead atoms. The van der Waals surface area contributed by atoms with Gasteiger partial charge < -0.3 is 0 Å². The van der Waals surface area contributed by atoms with Crippen molar-refractivity contribution >= 4 is 28.6 Å². The van der Waals surface area contributed by atoms with E-state index in [-0.39, 0.29) is 9.49 Å². The molecule has 5 rings (SSSR count). The zero-order chi connectivity index (χ0) is 15.5. The number of hydrogen-bond acceptors (Lipinski definition) is 1. The molecule has 1 heteroatoms. The summed E-state index contributed by atoms with van der Waals surface area (Å²) in [5.74, 6) is 0. The molecule has 3 aromatic carbocycles. The third-order valence-electron chi connectivity index (χ3n) is 5.46. The molecule has 0 saturated carbocycles. The second-order valence-electron chi connectivity index (χ2n) is 6.50. The van der Waals surface area contributed by atoms with Gasteiger partial charge in [-0.15, -0.1) is 11.8 Å². The fraction of sp³-hybridized carbons (Fsp3) is 0.182. The highest BCUT2D eigenvalue weighted by atomic mass is 32.2. The van der Waals surface area contributed by atoms with Crippen LogP contribution in [0.4, 0.5) is 0 Å². The highest BCUT2D eigenvalue weighted by Gasteiger charge is 2.69. The first-order chi connectivity index (χ1) is 11.3. The van der Waals surface area contributed by atoms with Crippen LogP contribution in [0.25, 0.3) is 16.8 Å². The van der Waals surface area contributed by atoms with Crippen molar-refractivity contribution < 1.29 is 0 Å². The van der Waals surface area contributed by atoms with Crippen LogP contribution in [-0.2, 0) is 9.49 Å². The van der Waals surface area contributed by atoms with E-state index in [0.29, 0.717) is 0 Å². The van der Waals surface area contributed by atoms with Crippen molar-refractivity contribution in [2.75, 3.05) is 0 Å². The molecule has 23 heavy (non-hydrogen) atoms. The van der Waals surface area contributed by atoms with Gasteiger partial charge in [0.15, 0.2) is 0 Å². The van der Waals surface area contributed by atoms with Crippen LogP contribution in [0.15, 0.2) is 72.8 Å². The first kappa shape index (κ1) is 13.4. The number of thioether (sulfide) groups is 1. The van der Waals surface area contributed by atoms with Crippen molar-refractivity contribution in [3.05, 3.63) is 89.5 Å². The van der Waals surface area contributed by atoms with Crippen molar-refractivity contribution in [1.82, 2.24) is 0 Å². The van der Waals surface area contributed by atoms with E-state index in [1.165, 1.54) is 27.5 Å². The van der Waals surface area contributed by atoms with Crippen LogP contribution < -0.4 is 0 Å². The first-order valence-electron chi connectivity index (χ1n) is 8.27. The average Bonchev–Trinajstić information content (AvgIpc) is 3.33. The third-order valence-corrected chi connectivity index (χ3v) is 7.48. The SMILES string of the molecule is CCC12SC1(c1ccc3ccccc3c1)C=Cc1ccccc12. The molecule has 112 valence electrons. The van der Waals surface area contributed by atoms with Crippen molar-refractivity contribution in [1.29, 1.82) is 0 Å². The van der Waals surface area contributed by atoms with Crippen molar-refractivity contribution in [3.8, 4) is 0 Å². The van der Waals surface area contributed by atoms with Crippen LogP contribution >= 0.6 is 11.8 Å². The van der Waals surface area contributed by atoms with E-state index < -0.39 is 0 Å². The summed E-state index contributed by atoms with van der Waals surface area (Å²) >= 11 is 2.11. The Morgan fingerprint density at radius 2 is 1.65 bits per heavy atom. The lowest BCUT2D eigenvalue weighted by Crippen LogP contribution is -2.23. The Hall–Kier alpha value is -1.99. The maximum absolute atomic E-state index is 2.44. The van der Waals surface area contributed by atoms with Gasteiger partial charge in [-0.05, 0) is 39.9 Å². The van der Waals surface area contributed by atoms with E-state index >= 15 is 0 Å². The second-order valence-corrected chi connectivity index (χ2v) is 8.05. The summed E-state index contributed by atoms with van der Waals surface area (Å²) in [5.41, 5.74) is 4.33. The van der Waals surface area contributed by atoms with E-state index in [2.05, 4.69) is 97.6 Å². The van der Waals surface area contributed by atoms with E-state index in [0.717, 1.165) is 6.42 Å². The monoisotopic (exact) mass is 314 g/mol. The van der Waals surface area contributed by atoms with E-state index in [1.807, 2.05) is 0 Å². The molecule has 0 N–H and O–H groups in total. The van der Waals surface area contributed by atoms with Crippen molar-refractivity contribution in [3.63, 3.8) is 0 Å². The quantitative estimate of drug-likeness (QED) is 0.514. The maximum atomic E-state index is 2.44. The molecule has 0 nitrogen and oxygen atoms in total. The highest BCUT2D eigenvalue weighted by molar-refractivity contribution is 8.08. The van der Waals surface area contributed by atoms with E-state index in [9.17, 15) is 0 Å². The summed E-state index contributed by atoms with van der Waals surface area (Å²) in [5, 5.41) is 2.66. The molecule has 2 aliphatic rings. The lowest BCUT2D eigenvalue weighted by molar-refractivity contribution is 0.589. The van der Waals surface area contributed by atoms with Crippen LogP contribution in [0.2, 0.25) is 0 Å². The minimum Gasteiger partial charge on any atom is -0.130 e. The summed E-state index contributed by atoms with van der Waals surface area (Å²) < 4.78 is 0.320. The first-order valence-corrected chi connectivity index (χ1v) is 9.09. The molecule has 1 heterocycles. The highest BCUT2D eigenvalue weighted by Crippen LogP contribution is 2.79. The normalized spacial score (nSPS) is 27.5. The van der Waals surface area contributed by atoms with Crippen LogP contribution in [0.5, 0.6) is 0 Å². The summed E-state index contributed by atoms with van der Waals surface area (Å²) in [7, 11) is 0. The summed E-state index contributed by atoms with van der Waals surface area (Å²) in [6.07, 6.45) is 5.91. The Morgan fingerprint density at radius 3 is 2.52 bits per heavy atom. The molecule has 0 radical (unpaired) electrons. The Bertz CT molecular complexity index is 955. The number of rotatable bonds is 2. The molecule has 1 aliphatic heterocycles. The third kappa shape index (κ3) is 1.63. The fourth-order valence-electron chi connectivity index (χ4n) is 4.22. The summed E-state index contributed by atoms with van der Waals surface area (Å²) in [6, 6.07) is 24.5. The van der Waals surface area contributed by atoms with Gasteiger partial charge in [0.05, 0.1) is 9.49 Å². The Morgan fingerprint density at radius 1 is 0.870 bits per heavy atom. The predicted octanol–water partition coefficient (Wildman–Crippen LogP) is 6.11.